The van der Waals surface area contributed by atoms with E-state index in [0.29, 0.717) is 19.3 Å². The van der Waals surface area contributed by atoms with Gasteiger partial charge in [-0.3, -0.25) is 9.59 Å². The number of hydrogen-bond acceptors (Lipinski definition) is 6. The minimum Gasteiger partial charge on any atom is -0.469 e. The number of rotatable bonds is 1. The van der Waals surface area contributed by atoms with Gasteiger partial charge in [0.1, 0.15) is 17.6 Å². The molecule has 3 saturated carbocycles. The minimum absolute atomic E-state index is 0.0694. The fourth-order valence-electron chi connectivity index (χ4n) is 6.97. The van der Waals surface area contributed by atoms with Crippen LogP contribution in [0.4, 0.5) is 0 Å². The summed E-state index contributed by atoms with van der Waals surface area (Å²) in [5.74, 6) is -1.83. The summed E-state index contributed by atoms with van der Waals surface area (Å²) in [7, 11) is 1.35. The van der Waals surface area contributed by atoms with Gasteiger partial charge in [0.25, 0.3) is 0 Å². The first-order valence-corrected chi connectivity index (χ1v) is 9.28. The monoisotopic (exact) mass is 360 g/mol. The van der Waals surface area contributed by atoms with Crippen LogP contribution in [0.25, 0.3) is 0 Å². The summed E-state index contributed by atoms with van der Waals surface area (Å²) >= 11 is 0. The van der Waals surface area contributed by atoms with Crippen molar-refractivity contribution in [3.8, 4) is 0 Å². The Morgan fingerprint density at radius 1 is 1.46 bits per heavy atom. The first-order chi connectivity index (χ1) is 12.2. The van der Waals surface area contributed by atoms with E-state index in [1.807, 2.05) is 6.08 Å². The number of aliphatic hydroxyl groups is 2. The predicted molar refractivity (Wildman–Crippen MR) is 89.6 cm³/mol. The zero-order valence-corrected chi connectivity index (χ0v) is 15.0. The largest absolute Gasteiger partial charge is 0.469 e. The molecule has 2 N–H and O–H groups in total. The molecule has 4 fully saturated rings. The molecule has 0 unspecified atom stereocenters. The lowest BCUT2D eigenvalue weighted by molar-refractivity contribution is -0.160. The van der Waals surface area contributed by atoms with E-state index in [2.05, 4.69) is 6.58 Å². The number of esters is 2. The Morgan fingerprint density at radius 3 is 2.88 bits per heavy atom. The van der Waals surface area contributed by atoms with Gasteiger partial charge >= 0.3 is 11.9 Å². The maximum atomic E-state index is 13.0. The fourth-order valence-corrected chi connectivity index (χ4v) is 6.97. The molecule has 0 aromatic heterocycles. The van der Waals surface area contributed by atoms with E-state index in [1.54, 1.807) is 6.92 Å². The zero-order chi connectivity index (χ0) is 18.6. The third-order valence-electron chi connectivity index (χ3n) is 8.14. The second kappa shape index (κ2) is 4.60. The van der Waals surface area contributed by atoms with Crippen molar-refractivity contribution in [2.24, 2.45) is 28.6 Å². The maximum Gasteiger partial charge on any atom is 0.315 e. The highest BCUT2D eigenvalue weighted by molar-refractivity contribution is 5.86. The van der Waals surface area contributed by atoms with E-state index < -0.39 is 46.4 Å². The summed E-state index contributed by atoms with van der Waals surface area (Å²) in [6, 6.07) is 0. The Morgan fingerprint density at radius 2 is 2.19 bits per heavy atom. The summed E-state index contributed by atoms with van der Waals surface area (Å²) in [4.78, 5) is 25.6. The lowest BCUT2D eigenvalue weighted by Gasteiger charge is -2.42. The molecule has 0 amide bonds. The number of carbonyl (C=O) groups excluding carboxylic acids is 2. The van der Waals surface area contributed by atoms with Crippen LogP contribution in [-0.2, 0) is 19.1 Å². The highest BCUT2D eigenvalue weighted by Gasteiger charge is 2.75. The molecule has 0 radical (unpaired) electrons. The predicted octanol–water partition coefficient (Wildman–Crippen LogP) is 1.12. The number of carbonyl (C=O) groups is 2. The van der Waals surface area contributed by atoms with Crippen molar-refractivity contribution < 1.29 is 29.3 Å². The van der Waals surface area contributed by atoms with Crippen LogP contribution in [0, 0.1) is 28.6 Å². The summed E-state index contributed by atoms with van der Waals surface area (Å²) in [5.41, 5.74) is -0.814. The van der Waals surface area contributed by atoms with Crippen LogP contribution < -0.4 is 0 Å². The Balaban J connectivity index is 1.74. The Bertz CT molecular complexity index is 785. The number of aliphatic hydroxyl groups excluding tert-OH is 1. The minimum atomic E-state index is -1.16. The van der Waals surface area contributed by atoms with Gasteiger partial charge in [-0.1, -0.05) is 12.2 Å². The smallest absolute Gasteiger partial charge is 0.315 e. The molecular weight excluding hydrogens is 336 g/mol. The number of methoxy groups -OCH3 is 1. The molecule has 8 atom stereocenters. The summed E-state index contributed by atoms with van der Waals surface area (Å²) < 4.78 is 10.6. The van der Waals surface area contributed by atoms with Crippen molar-refractivity contribution in [3.63, 3.8) is 0 Å². The van der Waals surface area contributed by atoms with Gasteiger partial charge in [-0.05, 0) is 55.6 Å². The van der Waals surface area contributed by atoms with Crippen molar-refractivity contribution in [2.75, 3.05) is 7.11 Å². The van der Waals surface area contributed by atoms with Crippen LogP contribution >= 0.6 is 0 Å². The molecule has 0 aromatic rings. The summed E-state index contributed by atoms with van der Waals surface area (Å²) in [5, 5.41) is 21.8. The Labute approximate surface area is 151 Å². The van der Waals surface area contributed by atoms with Gasteiger partial charge in [0, 0.05) is 5.92 Å². The number of ether oxygens (including phenoxy) is 2. The molecule has 1 aliphatic heterocycles. The van der Waals surface area contributed by atoms with Gasteiger partial charge in [-0.15, -0.1) is 0 Å². The second-order valence-corrected chi connectivity index (χ2v) is 9.06. The van der Waals surface area contributed by atoms with Crippen molar-refractivity contribution in [3.05, 3.63) is 23.8 Å². The highest BCUT2D eigenvalue weighted by atomic mass is 16.6. The van der Waals surface area contributed by atoms with Gasteiger partial charge in [-0.2, -0.15) is 0 Å². The first-order valence-electron chi connectivity index (χ1n) is 9.28. The molecular formula is C20H24O6. The average molecular weight is 360 g/mol. The molecule has 5 rings (SSSR count). The van der Waals surface area contributed by atoms with Crippen LogP contribution in [-0.4, -0.2) is 47.1 Å². The van der Waals surface area contributed by atoms with Crippen molar-refractivity contribution >= 4 is 11.9 Å². The molecule has 1 heterocycles. The molecule has 4 aliphatic carbocycles. The topological polar surface area (TPSA) is 93.1 Å². The lowest BCUT2D eigenvalue weighted by atomic mass is 9.61. The van der Waals surface area contributed by atoms with Crippen LogP contribution in [0.2, 0.25) is 0 Å². The first kappa shape index (κ1) is 16.5. The van der Waals surface area contributed by atoms with Gasteiger partial charge in [0.05, 0.1) is 18.6 Å². The van der Waals surface area contributed by atoms with Crippen molar-refractivity contribution in [1.82, 2.24) is 0 Å². The number of fused-ring (bicyclic) bond motifs is 6. The van der Waals surface area contributed by atoms with Crippen LogP contribution in [0.5, 0.6) is 0 Å². The fraction of sp³-hybridized carbons (Fsp3) is 0.700. The third kappa shape index (κ3) is 1.54. The molecule has 1 saturated heterocycles. The SMILES string of the molecule is C=C1C[C@]23C[C@@]1(O)CC[C@H]2C1=C[C@H]2OC(=O)[C@](C)([C@@H]2O)[C@H]1[C@@H]3C(=O)OC. The standard InChI is InChI=1S/C20H24O6/c1-9-7-19-8-20(9,24)5-4-11(19)10-6-12-15(21)18(2,17(23)26-12)13(10)14(19)16(22)25-3/h6,11-15,21,24H,1,4-5,7-8H2,2-3H3/t11-,12+,13+,14+,15+,18-,19-,20-/m0/s1. The van der Waals surface area contributed by atoms with Crippen molar-refractivity contribution in [2.45, 2.75) is 50.4 Å². The zero-order valence-electron chi connectivity index (χ0n) is 15.0. The van der Waals surface area contributed by atoms with E-state index in [9.17, 15) is 19.8 Å². The van der Waals surface area contributed by atoms with Gasteiger partial charge in [0.15, 0.2) is 0 Å². The van der Waals surface area contributed by atoms with Crippen LogP contribution in [0.15, 0.2) is 23.8 Å². The second-order valence-electron chi connectivity index (χ2n) is 9.06. The van der Waals surface area contributed by atoms with E-state index >= 15 is 0 Å². The third-order valence-corrected chi connectivity index (χ3v) is 8.14. The Hall–Kier alpha value is -1.66. The molecule has 140 valence electrons. The summed E-state index contributed by atoms with van der Waals surface area (Å²) in [6.45, 7) is 5.80. The number of hydrogen-bond donors (Lipinski definition) is 2. The lowest BCUT2D eigenvalue weighted by Crippen LogP contribution is -2.50. The molecule has 4 bridgehead atoms. The van der Waals surface area contributed by atoms with Crippen LogP contribution in [0.3, 0.4) is 0 Å². The number of allylic oxidation sites excluding steroid dienone is 1. The van der Waals surface area contributed by atoms with Crippen molar-refractivity contribution in [1.29, 1.82) is 0 Å². The molecule has 5 aliphatic rings. The van der Waals surface area contributed by atoms with E-state index in [-0.39, 0.29) is 11.9 Å². The quantitative estimate of drug-likeness (QED) is 0.538. The van der Waals surface area contributed by atoms with Gasteiger partial charge in [0.2, 0.25) is 0 Å². The average Bonchev–Trinajstić information content (AvgIpc) is 3.03. The normalized spacial score (nSPS) is 53.7. The summed E-state index contributed by atoms with van der Waals surface area (Å²) in [6.07, 6.45) is 2.58. The molecule has 26 heavy (non-hydrogen) atoms. The maximum absolute atomic E-state index is 13.0. The molecule has 0 aromatic carbocycles. The molecule has 6 nitrogen and oxygen atoms in total. The van der Waals surface area contributed by atoms with E-state index in [4.69, 9.17) is 9.47 Å². The van der Waals surface area contributed by atoms with Gasteiger partial charge in [-0.25, -0.2) is 0 Å². The Kier molecular flexibility index (Phi) is 2.92. The molecule has 1 spiro atoms. The van der Waals surface area contributed by atoms with E-state index in [1.165, 1.54) is 7.11 Å². The van der Waals surface area contributed by atoms with Gasteiger partial charge < -0.3 is 19.7 Å². The highest BCUT2D eigenvalue weighted by Crippen LogP contribution is 2.74. The van der Waals surface area contributed by atoms with Crippen LogP contribution in [0.1, 0.15) is 32.6 Å². The molecule has 6 heteroatoms. The van der Waals surface area contributed by atoms with E-state index in [0.717, 1.165) is 17.6 Å².